The molecule has 0 atom stereocenters. The topological polar surface area (TPSA) is 26.0 Å². The van der Waals surface area contributed by atoms with Crippen LogP contribution < -0.4 is 5.73 Å². The van der Waals surface area contributed by atoms with E-state index < -0.39 is 11.7 Å². The third kappa shape index (κ3) is 2.47. The predicted molar refractivity (Wildman–Crippen MR) is 66.0 cm³/mol. The summed E-state index contributed by atoms with van der Waals surface area (Å²) in [6, 6.07) is 10.5. The highest BCUT2D eigenvalue weighted by Crippen LogP contribution is 2.34. The summed E-state index contributed by atoms with van der Waals surface area (Å²) < 4.78 is 37.9. The molecule has 0 fully saturated rings. The molecule has 18 heavy (non-hydrogen) atoms. The Kier molecular flexibility index (Phi) is 3.03. The summed E-state index contributed by atoms with van der Waals surface area (Å²) in [5, 5.41) is 0. The standard InChI is InChI=1S/C14H12F3N/c1-9-5-6-13(18)12(7-9)10-3-2-4-11(8-10)14(15,16)17/h2-8H,18H2,1H3. The van der Waals surface area contributed by atoms with E-state index in [2.05, 4.69) is 0 Å². The molecule has 4 heteroatoms. The van der Waals surface area contributed by atoms with Gasteiger partial charge >= 0.3 is 6.18 Å². The van der Waals surface area contributed by atoms with E-state index in [1.807, 2.05) is 13.0 Å². The molecule has 0 saturated heterocycles. The molecule has 0 spiro atoms. The maximum atomic E-state index is 12.6. The number of rotatable bonds is 1. The van der Waals surface area contributed by atoms with Crippen LogP contribution in [-0.2, 0) is 6.18 Å². The van der Waals surface area contributed by atoms with Gasteiger partial charge in [-0.3, -0.25) is 0 Å². The quantitative estimate of drug-likeness (QED) is 0.753. The Labute approximate surface area is 103 Å². The molecular formula is C14H12F3N. The van der Waals surface area contributed by atoms with Gasteiger partial charge in [-0.05, 0) is 36.8 Å². The Morgan fingerprint density at radius 1 is 1.00 bits per heavy atom. The first-order chi connectivity index (χ1) is 8.38. The van der Waals surface area contributed by atoms with Crippen LogP contribution in [0.25, 0.3) is 11.1 Å². The van der Waals surface area contributed by atoms with Gasteiger partial charge in [-0.15, -0.1) is 0 Å². The summed E-state index contributed by atoms with van der Waals surface area (Å²) in [5.74, 6) is 0. The van der Waals surface area contributed by atoms with Crippen LogP contribution >= 0.6 is 0 Å². The molecule has 0 saturated carbocycles. The van der Waals surface area contributed by atoms with E-state index in [-0.39, 0.29) is 0 Å². The average molecular weight is 251 g/mol. The van der Waals surface area contributed by atoms with Gasteiger partial charge in [-0.1, -0.05) is 23.8 Å². The van der Waals surface area contributed by atoms with E-state index in [4.69, 9.17) is 5.73 Å². The highest BCUT2D eigenvalue weighted by molar-refractivity contribution is 5.77. The summed E-state index contributed by atoms with van der Waals surface area (Å²) in [6.07, 6.45) is -4.34. The molecule has 0 radical (unpaired) electrons. The van der Waals surface area contributed by atoms with Crippen LogP contribution in [0.3, 0.4) is 0 Å². The monoisotopic (exact) mass is 251 g/mol. The largest absolute Gasteiger partial charge is 0.416 e. The number of halogens is 3. The number of aryl methyl sites for hydroxylation is 1. The van der Waals surface area contributed by atoms with Gasteiger partial charge in [0.05, 0.1) is 5.56 Å². The van der Waals surface area contributed by atoms with E-state index in [1.165, 1.54) is 6.07 Å². The van der Waals surface area contributed by atoms with Crippen LogP contribution in [0.1, 0.15) is 11.1 Å². The number of anilines is 1. The minimum Gasteiger partial charge on any atom is -0.398 e. The summed E-state index contributed by atoms with van der Waals surface area (Å²) >= 11 is 0. The lowest BCUT2D eigenvalue weighted by Gasteiger charge is -2.11. The summed E-state index contributed by atoms with van der Waals surface area (Å²) in [7, 11) is 0. The molecule has 0 heterocycles. The Balaban J connectivity index is 2.55. The maximum absolute atomic E-state index is 12.6. The Morgan fingerprint density at radius 3 is 2.39 bits per heavy atom. The fourth-order valence-corrected chi connectivity index (χ4v) is 1.78. The van der Waals surface area contributed by atoms with Crippen molar-refractivity contribution in [1.82, 2.24) is 0 Å². The minimum atomic E-state index is -4.34. The molecule has 2 aromatic carbocycles. The lowest BCUT2D eigenvalue weighted by Crippen LogP contribution is -2.04. The summed E-state index contributed by atoms with van der Waals surface area (Å²) in [6.45, 7) is 1.87. The van der Waals surface area contributed by atoms with Gasteiger partial charge in [-0.25, -0.2) is 0 Å². The summed E-state index contributed by atoms with van der Waals surface area (Å²) in [5.41, 5.74) is 7.66. The van der Waals surface area contributed by atoms with Crippen LogP contribution in [0.4, 0.5) is 18.9 Å². The number of benzene rings is 2. The number of hydrogen-bond acceptors (Lipinski definition) is 1. The first-order valence-corrected chi connectivity index (χ1v) is 5.42. The zero-order valence-electron chi connectivity index (χ0n) is 9.75. The molecule has 94 valence electrons. The van der Waals surface area contributed by atoms with E-state index in [0.29, 0.717) is 16.8 Å². The molecule has 0 unspecified atom stereocenters. The van der Waals surface area contributed by atoms with Crippen molar-refractivity contribution >= 4 is 5.69 Å². The fourth-order valence-electron chi connectivity index (χ4n) is 1.78. The SMILES string of the molecule is Cc1ccc(N)c(-c2cccc(C(F)(F)F)c2)c1. The second-order valence-corrected chi connectivity index (χ2v) is 4.17. The minimum absolute atomic E-state index is 0.472. The average Bonchev–Trinajstić information content (AvgIpc) is 2.31. The summed E-state index contributed by atoms with van der Waals surface area (Å²) in [4.78, 5) is 0. The molecule has 0 aliphatic rings. The number of nitrogen functional groups attached to an aromatic ring is 1. The smallest absolute Gasteiger partial charge is 0.398 e. The fraction of sp³-hybridized carbons (Fsp3) is 0.143. The predicted octanol–water partition coefficient (Wildman–Crippen LogP) is 4.26. The van der Waals surface area contributed by atoms with Gasteiger partial charge in [0.1, 0.15) is 0 Å². The van der Waals surface area contributed by atoms with Gasteiger partial charge in [0.25, 0.3) is 0 Å². The molecule has 1 nitrogen and oxygen atoms in total. The van der Waals surface area contributed by atoms with Crippen molar-refractivity contribution in [1.29, 1.82) is 0 Å². The Morgan fingerprint density at radius 2 is 1.72 bits per heavy atom. The Bertz CT molecular complexity index is 573. The van der Waals surface area contributed by atoms with Crippen molar-refractivity contribution in [3.8, 4) is 11.1 Å². The van der Waals surface area contributed by atoms with Crippen molar-refractivity contribution in [2.45, 2.75) is 13.1 Å². The van der Waals surface area contributed by atoms with E-state index in [9.17, 15) is 13.2 Å². The molecular weight excluding hydrogens is 239 g/mol. The normalized spacial score (nSPS) is 11.6. The van der Waals surface area contributed by atoms with Crippen molar-refractivity contribution in [3.63, 3.8) is 0 Å². The second-order valence-electron chi connectivity index (χ2n) is 4.17. The molecule has 0 bridgehead atoms. The zero-order chi connectivity index (χ0) is 13.3. The van der Waals surface area contributed by atoms with E-state index in [0.717, 1.165) is 17.7 Å². The van der Waals surface area contributed by atoms with E-state index >= 15 is 0 Å². The molecule has 0 amide bonds. The van der Waals surface area contributed by atoms with Crippen LogP contribution in [0.5, 0.6) is 0 Å². The zero-order valence-corrected chi connectivity index (χ0v) is 9.75. The van der Waals surface area contributed by atoms with Gasteiger partial charge < -0.3 is 5.73 Å². The first kappa shape index (κ1) is 12.5. The lowest BCUT2D eigenvalue weighted by atomic mass is 9.99. The molecule has 0 aliphatic heterocycles. The molecule has 2 N–H and O–H groups in total. The third-order valence-corrected chi connectivity index (χ3v) is 2.71. The highest BCUT2D eigenvalue weighted by Gasteiger charge is 2.30. The molecule has 2 aromatic rings. The van der Waals surface area contributed by atoms with Gasteiger partial charge in [0, 0.05) is 11.3 Å². The van der Waals surface area contributed by atoms with Gasteiger partial charge in [0.15, 0.2) is 0 Å². The molecule has 0 aliphatic carbocycles. The number of nitrogens with two attached hydrogens (primary N) is 1. The van der Waals surface area contributed by atoms with Gasteiger partial charge in [-0.2, -0.15) is 13.2 Å². The Hall–Kier alpha value is -1.97. The van der Waals surface area contributed by atoms with Crippen LogP contribution in [0.2, 0.25) is 0 Å². The van der Waals surface area contributed by atoms with E-state index in [1.54, 1.807) is 18.2 Å². The van der Waals surface area contributed by atoms with Crippen LogP contribution in [0, 0.1) is 6.92 Å². The first-order valence-electron chi connectivity index (χ1n) is 5.42. The van der Waals surface area contributed by atoms with Crippen LogP contribution in [0.15, 0.2) is 42.5 Å². The number of hydrogen-bond donors (Lipinski definition) is 1. The number of alkyl halides is 3. The maximum Gasteiger partial charge on any atom is 0.416 e. The highest BCUT2D eigenvalue weighted by atomic mass is 19.4. The van der Waals surface area contributed by atoms with Crippen molar-refractivity contribution in [3.05, 3.63) is 53.6 Å². The lowest BCUT2D eigenvalue weighted by molar-refractivity contribution is -0.137. The van der Waals surface area contributed by atoms with Gasteiger partial charge in [0.2, 0.25) is 0 Å². The molecule has 2 rings (SSSR count). The van der Waals surface area contributed by atoms with Crippen molar-refractivity contribution < 1.29 is 13.2 Å². The second kappa shape index (κ2) is 4.37. The third-order valence-electron chi connectivity index (χ3n) is 2.71. The van der Waals surface area contributed by atoms with Crippen molar-refractivity contribution in [2.24, 2.45) is 0 Å². The molecule has 0 aromatic heterocycles. The van der Waals surface area contributed by atoms with Crippen molar-refractivity contribution in [2.75, 3.05) is 5.73 Å². The van der Waals surface area contributed by atoms with Crippen LogP contribution in [-0.4, -0.2) is 0 Å².